The van der Waals surface area contributed by atoms with Crippen LogP contribution < -0.4 is 4.74 Å². The van der Waals surface area contributed by atoms with E-state index in [1.165, 1.54) is 5.56 Å². The van der Waals surface area contributed by atoms with E-state index in [4.69, 9.17) is 4.74 Å². The second-order valence-corrected chi connectivity index (χ2v) is 4.98. The average molecular weight is 296 g/mol. The summed E-state index contributed by atoms with van der Waals surface area (Å²) in [6.07, 6.45) is 7.60. The van der Waals surface area contributed by atoms with Crippen LogP contribution in [0.4, 0.5) is 0 Å². The van der Waals surface area contributed by atoms with Gasteiger partial charge in [-0.25, -0.2) is 0 Å². The number of carbonyl (C=O) groups is 1. The van der Waals surface area contributed by atoms with Crippen molar-refractivity contribution < 1.29 is 9.53 Å². The monoisotopic (exact) mass is 296 g/mol. The second-order valence-electron chi connectivity index (χ2n) is 4.98. The summed E-state index contributed by atoms with van der Waals surface area (Å²) in [7, 11) is 3.45. The fourth-order valence-electron chi connectivity index (χ4n) is 1.97. The van der Waals surface area contributed by atoms with Crippen LogP contribution in [-0.4, -0.2) is 36.5 Å². The van der Waals surface area contributed by atoms with Crippen LogP contribution in [0.25, 0.3) is 6.08 Å². The van der Waals surface area contributed by atoms with E-state index in [1.807, 2.05) is 36.4 Å². The van der Waals surface area contributed by atoms with Gasteiger partial charge in [-0.15, -0.1) is 0 Å². The maximum atomic E-state index is 12.0. The predicted octanol–water partition coefficient (Wildman–Crippen LogP) is 2.80. The van der Waals surface area contributed by atoms with Gasteiger partial charge in [0, 0.05) is 32.1 Å². The molecule has 1 amide bonds. The van der Waals surface area contributed by atoms with Crippen LogP contribution in [0.15, 0.2) is 54.9 Å². The van der Waals surface area contributed by atoms with Gasteiger partial charge in [-0.2, -0.15) is 0 Å². The number of hydrogen-bond acceptors (Lipinski definition) is 3. The number of methoxy groups -OCH3 is 1. The number of rotatable bonds is 6. The first-order chi connectivity index (χ1) is 10.7. The summed E-state index contributed by atoms with van der Waals surface area (Å²) in [4.78, 5) is 17.8. The topological polar surface area (TPSA) is 42.4 Å². The van der Waals surface area contributed by atoms with E-state index in [2.05, 4.69) is 4.98 Å². The summed E-state index contributed by atoms with van der Waals surface area (Å²) in [6.45, 7) is 0.669. The lowest BCUT2D eigenvalue weighted by molar-refractivity contribution is -0.124. The minimum absolute atomic E-state index is 0.0163. The fourth-order valence-corrected chi connectivity index (χ4v) is 1.97. The zero-order valence-electron chi connectivity index (χ0n) is 12.9. The van der Waals surface area contributed by atoms with Crippen molar-refractivity contribution in [2.24, 2.45) is 0 Å². The third-order valence-electron chi connectivity index (χ3n) is 3.37. The van der Waals surface area contributed by atoms with Crippen molar-refractivity contribution >= 4 is 12.0 Å². The number of benzene rings is 1. The Morgan fingerprint density at radius 2 is 2.05 bits per heavy atom. The molecule has 0 spiro atoms. The molecule has 0 unspecified atom stereocenters. The molecule has 22 heavy (non-hydrogen) atoms. The van der Waals surface area contributed by atoms with Crippen LogP contribution in [0.5, 0.6) is 5.75 Å². The molecule has 0 aliphatic heterocycles. The molecule has 0 radical (unpaired) electrons. The Bertz CT molecular complexity index is 621. The molecule has 0 N–H and O–H groups in total. The van der Waals surface area contributed by atoms with Gasteiger partial charge in [-0.3, -0.25) is 9.78 Å². The summed E-state index contributed by atoms with van der Waals surface area (Å²) >= 11 is 0. The second kappa shape index (κ2) is 7.98. The van der Waals surface area contributed by atoms with Gasteiger partial charge >= 0.3 is 0 Å². The highest BCUT2D eigenvalue weighted by molar-refractivity contribution is 5.91. The van der Waals surface area contributed by atoms with Crippen LogP contribution in [0.1, 0.15) is 11.1 Å². The number of hydrogen-bond donors (Lipinski definition) is 0. The third-order valence-corrected chi connectivity index (χ3v) is 3.37. The molecule has 1 aromatic carbocycles. The van der Waals surface area contributed by atoms with E-state index in [0.29, 0.717) is 6.54 Å². The van der Waals surface area contributed by atoms with Crippen molar-refractivity contribution in [3.63, 3.8) is 0 Å². The number of nitrogens with zero attached hydrogens (tertiary/aromatic N) is 2. The average Bonchev–Trinajstić information content (AvgIpc) is 2.58. The molecule has 0 saturated heterocycles. The lowest BCUT2D eigenvalue weighted by atomic mass is 10.1. The van der Waals surface area contributed by atoms with Gasteiger partial charge in [0.2, 0.25) is 5.91 Å². The molecule has 0 aliphatic carbocycles. The van der Waals surface area contributed by atoms with Crippen molar-refractivity contribution in [3.05, 3.63) is 66.0 Å². The lowest BCUT2D eigenvalue weighted by Gasteiger charge is -2.15. The zero-order valence-corrected chi connectivity index (χ0v) is 12.9. The molecule has 1 aromatic heterocycles. The van der Waals surface area contributed by atoms with Gasteiger partial charge in [-0.05, 0) is 41.8 Å². The van der Waals surface area contributed by atoms with Crippen molar-refractivity contribution in [1.29, 1.82) is 0 Å². The van der Waals surface area contributed by atoms with Gasteiger partial charge < -0.3 is 9.64 Å². The minimum Gasteiger partial charge on any atom is -0.497 e. The molecule has 0 atom stereocenters. The van der Waals surface area contributed by atoms with Gasteiger partial charge in [0.1, 0.15) is 5.75 Å². The highest BCUT2D eigenvalue weighted by Gasteiger charge is 2.05. The Labute approximate surface area is 131 Å². The van der Waals surface area contributed by atoms with Crippen LogP contribution in [-0.2, 0) is 11.2 Å². The quantitative estimate of drug-likeness (QED) is 0.770. The maximum Gasteiger partial charge on any atom is 0.246 e. The molecule has 0 aliphatic rings. The van der Waals surface area contributed by atoms with E-state index in [9.17, 15) is 4.79 Å². The molecular formula is C18H20N2O2. The highest BCUT2D eigenvalue weighted by Crippen LogP contribution is 2.12. The van der Waals surface area contributed by atoms with Crippen LogP contribution in [0, 0.1) is 0 Å². The number of carbonyl (C=O) groups excluding carboxylic acids is 1. The molecule has 4 nitrogen and oxygen atoms in total. The fraction of sp³-hybridized carbons (Fsp3) is 0.222. The first-order valence-electron chi connectivity index (χ1n) is 7.15. The van der Waals surface area contributed by atoms with Crippen molar-refractivity contribution in [2.45, 2.75) is 6.42 Å². The third kappa shape index (κ3) is 4.74. The van der Waals surface area contributed by atoms with E-state index in [-0.39, 0.29) is 5.91 Å². The van der Waals surface area contributed by atoms with Gasteiger partial charge in [0.15, 0.2) is 0 Å². The Kier molecular flexibility index (Phi) is 5.72. The molecule has 2 rings (SSSR count). The molecule has 114 valence electrons. The first kappa shape index (κ1) is 15.8. The molecule has 0 saturated carbocycles. The normalized spacial score (nSPS) is 10.6. The Hall–Kier alpha value is -2.62. The SMILES string of the molecule is COc1ccc(CCN(C)C(=O)/C=C/c2cccnc2)cc1. The largest absolute Gasteiger partial charge is 0.497 e. The van der Waals surface area contributed by atoms with Crippen molar-refractivity contribution in [1.82, 2.24) is 9.88 Å². The summed E-state index contributed by atoms with van der Waals surface area (Å²) in [5.41, 5.74) is 2.09. The van der Waals surface area contributed by atoms with E-state index >= 15 is 0 Å². The van der Waals surface area contributed by atoms with Gasteiger partial charge in [-0.1, -0.05) is 18.2 Å². The van der Waals surface area contributed by atoms with Crippen LogP contribution in [0.3, 0.4) is 0 Å². The van der Waals surface area contributed by atoms with Crippen LogP contribution >= 0.6 is 0 Å². The van der Waals surface area contributed by atoms with E-state index in [0.717, 1.165) is 17.7 Å². The molecule has 0 fully saturated rings. The number of ether oxygens (including phenoxy) is 1. The number of likely N-dealkylation sites (N-methyl/N-ethyl adjacent to an activating group) is 1. The minimum atomic E-state index is -0.0163. The summed E-state index contributed by atoms with van der Waals surface area (Å²) in [6, 6.07) is 11.6. The maximum absolute atomic E-state index is 12.0. The Morgan fingerprint density at radius 1 is 1.27 bits per heavy atom. The van der Waals surface area contributed by atoms with Crippen LogP contribution in [0.2, 0.25) is 0 Å². The lowest BCUT2D eigenvalue weighted by Crippen LogP contribution is -2.27. The summed E-state index contributed by atoms with van der Waals surface area (Å²) < 4.78 is 5.13. The first-order valence-corrected chi connectivity index (χ1v) is 7.15. The summed E-state index contributed by atoms with van der Waals surface area (Å²) in [5, 5.41) is 0. The summed E-state index contributed by atoms with van der Waals surface area (Å²) in [5.74, 6) is 0.824. The Balaban J connectivity index is 1.84. The zero-order chi connectivity index (χ0) is 15.8. The molecular weight excluding hydrogens is 276 g/mol. The standard InChI is InChI=1S/C18H20N2O2/c1-20(13-11-15-5-8-17(22-2)9-6-15)18(21)10-7-16-4-3-12-19-14-16/h3-10,12,14H,11,13H2,1-2H3/b10-7+. The molecule has 1 heterocycles. The molecule has 2 aromatic rings. The van der Waals surface area contributed by atoms with Gasteiger partial charge in [0.25, 0.3) is 0 Å². The van der Waals surface area contributed by atoms with Crippen molar-refractivity contribution in [3.8, 4) is 5.75 Å². The van der Waals surface area contributed by atoms with E-state index in [1.54, 1.807) is 43.6 Å². The number of pyridine rings is 1. The Morgan fingerprint density at radius 3 is 2.68 bits per heavy atom. The number of amides is 1. The highest BCUT2D eigenvalue weighted by atomic mass is 16.5. The molecule has 4 heteroatoms. The molecule has 0 bridgehead atoms. The van der Waals surface area contributed by atoms with E-state index < -0.39 is 0 Å². The smallest absolute Gasteiger partial charge is 0.246 e. The predicted molar refractivity (Wildman–Crippen MR) is 87.6 cm³/mol. The van der Waals surface area contributed by atoms with Gasteiger partial charge in [0.05, 0.1) is 7.11 Å². The van der Waals surface area contributed by atoms with Crippen molar-refractivity contribution in [2.75, 3.05) is 20.7 Å². The number of aromatic nitrogens is 1.